The molecule has 6 heteroatoms. The summed E-state index contributed by atoms with van der Waals surface area (Å²) >= 11 is 0. The van der Waals surface area contributed by atoms with Gasteiger partial charge < -0.3 is 9.88 Å². The molecule has 0 saturated carbocycles. The molecule has 0 bridgehead atoms. The van der Waals surface area contributed by atoms with E-state index in [1.54, 1.807) is 10.7 Å². The van der Waals surface area contributed by atoms with Gasteiger partial charge in [-0.15, -0.1) is 5.10 Å². The first kappa shape index (κ1) is 11.7. The minimum atomic E-state index is 0.653. The number of hydrogen-bond acceptors (Lipinski definition) is 4. The first-order valence-corrected chi connectivity index (χ1v) is 6.25. The molecule has 0 saturated heterocycles. The minimum Gasteiger partial charge on any atom is -0.352 e. The van der Waals surface area contributed by atoms with Gasteiger partial charge in [0.2, 0.25) is 5.95 Å². The van der Waals surface area contributed by atoms with Crippen LogP contribution < -0.4 is 5.32 Å². The molecule has 3 heterocycles. The largest absolute Gasteiger partial charge is 0.352 e. The molecule has 3 aromatic heterocycles. The van der Waals surface area contributed by atoms with E-state index in [1.807, 2.05) is 43.1 Å². The maximum absolute atomic E-state index is 4.43. The maximum Gasteiger partial charge on any atom is 0.243 e. The lowest BCUT2D eigenvalue weighted by atomic mass is 10.3. The molecule has 6 nitrogen and oxygen atoms in total. The number of imidazole rings is 1. The fourth-order valence-corrected chi connectivity index (χ4v) is 1.98. The molecule has 0 unspecified atom stereocenters. The molecule has 0 aromatic carbocycles. The molecule has 98 valence electrons. The Bertz CT molecular complexity index is 696. The van der Waals surface area contributed by atoms with Gasteiger partial charge in [-0.1, -0.05) is 0 Å². The average molecular weight is 256 g/mol. The van der Waals surface area contributed by atoms with Crippen molar-refractivity contribution >= 4 is 11.6 Å². The lowest BCUT2D eigenvalue weighted by Crippen LogP contribution is -2.09. The monoisotopic (exact) mass is 256 g/mol. The highest BCUT2D eigenvalue weighted by Gasteiger charge is 2.04. The van der Waals surface area contributed by atoms with Crippen LogP contribution in [0.3, 0.4) is 0 Å². The van der Waals surface area contributed by atoms with Gasteiger partial charge in [-0.2, -0.15) is 4.98 Å². The van der Waals surface area contributed by atoms with Crippen LogP contribution in [0, 0.1) is 6.92 Å². The van der Waals surface area contributed by atoms with Crippen molar-refractivity contribution in [1.29, 1.82) is 0 Å². The topological polar surface area (TPSA) is 60.0 Å². The molecule has 0 amide bonds. The molecular formula is C13H16N6. The summed E-state index contributed by atoms with van der Waals surface area (Å²) in [7, 11) is 1.99. The van der Waals surface area contributed by atoms with Gasteiger partial charge in [0.05, 0.1) is 0 Å². The Morgan fingerprint density at radius 3 is 3.00 bits per heavy atom. The zero-order chi connectivity index (χ0) is 13.2. The number of hydrogen-bond donors (Lipinski definition) is 1. The van der Waals surface area contributed by atoms with E-state index in [9.17, 15) is 0 Å². The summed E-state index contributed by atoms with van der Waals surface area (Å²) in [6.45, 7) is 2.81. The van der Waals surface area contributed by atoms with Gasteiger partial charge in [0.15, 0.2) is 5.65 Å². The van der Waals surface area contributed by atoms with Crippen LogP contribution in [0.5, 0.6) is 0 Å². The second kappa shape index (κ2) is 4.72. The van der Waals surface area contributed by atoms with Crippen molar-refractivity contribution in [2.75, 3.05) is 11.9 Å². The van der Waals surface area contributed by atoms with Gasteiger partial charge in [0, 0.05) is 38.6 Å². The lowest BCUT2D eigenvalue weighted by molar-refractivity contribution is 0.786. The first-order valence-electron chi connectivity index (χ1n) is 6.25. The molecule has 3 rings (SSSR count). The molecule has 19 heavy (non-hydrogen) atoms. The number of pyridine rings is 1. The normalized spacial score (nSPS) is 11.1. The van der Waals surface area contributed by atoms with Crippen LogP contribution in [0.2, 0.25) is 0 Å². The molecule has 0 aliphatic heterocycles. The number of anilines is 1. The standard InChI is InChI=1S/C13H16N6/c1-10-4-7-19-12(9-10)16-13(17-19)15-5-3-11-14-6-8-18(11)2/h4,6-9H,3,5H2,1-2H3,(H,15,17). The van der Waals surface area contributed by atoms with Crippen LogP contribution in [0.1, 0.15) is 11.4 Å². The second-order valence-corrected chi connectivity index (χ2v) is 4.57. The van der Waals surface area contributed by atoms with Gasteiger partial charge in [-0.25, -0.2) is 9.50 Å². The molecule has 0 spiro atoms. The highest BCUT2D eigenvalue weighted by Crippen LogP contribution is 2.07. The van der Waals surface area contributed by atoms with Gasteiger partial charge in [-0.05, 0) is 24.6 Å². The van der Waals surface area contributed by atoms with E-state index in [0.717, 1.165) is 24.4 Å². The molecule has 0 aliphatic carbocycles. The number of fused-ring (bicyclic) bond motifs is 1. The first-order chi connectivity index (χ1) is 9.22. The summed E-state index contributed by atoms with van der Waals surface area (Å²) in [6, 6.07) is 4.02. The fourth-order valence-electron chi connectivity index (χ4n) is 1.98. The fraction of sp³-hybridized carbons (Fsp3) is 0.308. The summed E-state index contributed by atoms with van der Waals surface area (Å²) in [5, 5.41) is 7.58. The van der Waals surface area contributed by atoms with E-state index in [1.165, 1.54) is 5.56 Å². The smallest absolute Gasteiger partial charge is 0.243 e. The Balaban J connectivity index is 1.67. The van der Waals surface area contributed by atoms with E-state index in [-0.39, 0.29) is 0 Å². The number of aromatic nitrogens is 5. The van der Waals surface area contributed by atoms with Crippen LogP contribution >= 0.6 is 0 Å². The van der Waals surface area contributed by atoms with Crippen LogP contribution in [0.15, 0.2) is 30.7 Å². The van der Waals surface area contributed by atoms with Crippen LogP contribution in [-0.4, -0.2) is 30.7 Å². The van der Waals surface area contributed by atoms with Crippen molar-refractivity contribution in [2.24, 2.45) is 7.05 Å². The zero-order valence-electron chi connectivity index (χ0n) is 11.0. The highest BCUT2D eigenvalue weighted by atomic mass is 15.3. The summed E-state index contributed by atoms with van der Waals surface area (Å²) in [4.78, 5) is 8.71. The van der Waals surface area contributed by atoms with Crippen molar-refractivity contribution in [3.63, 3.8) is 0 Å². The van der Waals surface area contributed by atoms with Crippen LogP contribution in [0.25, 0.3) is 5.65 Å². The molecule has 1 N–H and O–H groups in total. The Morgan fingerprint density at radius 1 is 1.32 bits per heavy atom. The molecular weight excluding hydrogens is 240 g/mol. The second-order valence-electron chi connectivity index (χ2n) is 4.57. The predicted octanol–water partition coefficient (Wildman–Crippen LogP) is 1.43. The number of nitrogens with zero attached hydrogens (tertiary/aromatic N) is 5. The summed E-state index contributed by atoms with van der Waals surface area (Å²) in [5.41, 5.74) is 2.04. The third-order valence-electron chi connectivity index (χ3n) is 3.05. The van der Waals surface area contributed by atoms with Gasteiger partial charge in [0.1, 0.15) is 5.82 Å². The quantitative estimate of drug-likeness (QED) is 0.767. The van der Waals surface area contributed by atoms with Crippen LogP contribution in [0.4, 0.5) is 5.95 Å². The van der Waals surface area contributed by atoms with Crippen molar-refractivity contribution in [2.45, 2.75) is 13.3 Å². The van der Waals surface area contributed by atoms with Gasteiger partial charge in [0.25, 0.3) is 0 Å². The average Bonchev–Trinajstić information content (AvgIpc) is 2.95. The number of aryl methyl sites for hydroxylation is 2. The highest BCUT2D eigenvalue weighted by molar-refractivity contribution is 5.45. The molecule has 0 fully saturated rings. The van der Waals surface area contributed by atoms with E-state index in [4.69, 9.17) is 0 Å². The summed E-state index contributed by atoms with van der Waals surface area (Å²) in [6.07, 6.45) is 6.52. The number of nitrogens with one attached hydrogen (secondary N) is 1. The molecule has 0 atom stereocenters. The van der Waals surface area contributed by atoms with Crippen molar-refractivity contribution in [1.82, 2.24) is 24.1 Å². The Hall–Kier alpha value is -2.37. The molecule has 0 radical (unpaired) electrons. The van der Waals surface area contributed by atoms with Crippen molar-refractivity contribution in [3.05, 3.63) is 42.1 Å². The predicted molar refractivity (Wildman–Crippen MR) is 73.1 cm³/mol. The third kappa shape index (κ3) is 2.42. The lowest BCUT2D eigenvalue weighted by Gasteiger charge is -2.01. The maximum atomic E-state index is 4.43. The Labute approximate surface area is 111 Å². The molecule has 0 aliphatic rings. The van der Waals surface area contributed by atoms with Crippen molar-refractivity contribution in [3.8, 4) is 0 Å². The Kier molecular flexibility index (Phi) is 2.91. The summed E-state index contributed by atoms with van der Waals surface area (Å²) in [5.74, 6) is 1.70. The van der Waals surface area contributed by atoms with Gasteiger partial charge in [-0.3, -0.25) is 0 Å². The third-order valence-corrected chi connectivity index (χ3v) is 3.05. The van der Waals surface area contributed by atoms with E-state index >= 15 is 0 Å². The van der Waals surface area contributed by atoms with E-state index < -0.39 is 0 Å². The zero-order valence-corrected chi connectivity index (χ0v) is 11.0. The minimum absolute atomic E-state index is 0.653. The number of rotatable bonds is 4. The van der Waals surface area contributed by atoms with E-state index in [0.29, 0.717) is 5.95 Å². The molecule has 3 aromatic rings. The van der Waals surface area contributed by atoms with Crippen LogP contribution in [-0.2, 0) is 13.5 Å². The summed E-state index contributed by atoms with van der Waals surface area (Å²) < 4.78 is 3.79. The van der Waals surface area contributed by atoms with E-state index in [2.05, 4.69) is 20.4 Å². The van der Waals surface area contributed by atoms with Gasteiger partial charge >= 0.3 is 0 Å². The SMILES string of the molecule is Cc1ccn2nc(NCCc3nccn3C)nc2c1. The Morgan fingerprint density at radius 2 is 2.21 bits per heavy atom. The van der Waals surface area contributed by atoms with Crippen molar-refractivity contribution < 1.29 is 0 Å².